The minimum atomic E-state index is -0.812. The Morgan fingerprint density at radius 2 is 1.87 bits per heavy atom. The zero-order valence-corrected chi connectivity index (χ0v) is 13.0. The molecule has 0 heterocycles. The Morgan fingerprint density at radius 1 is 1.17 bits per heavy atom. The van der Waals surface area contributed by atoms with Crippen molar-refractivity contribution in [1.29, 1.82) is 0 Å². The minimum absolute atomic E-state index is 0.0602. The van der Waals surface area contributed by atoms with Gasteiger partial charge in [0.2, 0.25) is 0 Å². The number of carbonyl (C=O) groups excluding carboxylic acids is 1. The molecule has 0 spiro atoms. The number of urea groups is 1. The number of amides is 2. The van der Waals surface area contributed by atoms with Crippen LogP contribution in [0.15, 0.2) is 42.5 Å². The van der Waals surface area contributed by atoms with E-state index in [1.807, 2.05) is 31.2 Å². The van der Waals surface area contributed by atoms with Gasteiger partial charge >= 0.3 is 6.03 Å². The Hall–Kier alpha value is -2.63. The highest BCUT2D eigenvalue weighted by Crippen LogP contribution is 2.17. The quantitative estimate of drug-likeness (QED) is 0.904. The molecule has 0 atom stereocenters. The van der Waals surface area contributed by atoms with Gasteiger partial charge in [0.15, 0.2) is 0 Å². The lowest BCUT2D eigenvalue weighted by molar-refractivity contribution is 0.220. The van der Waals surface area contributed by atoms with E-state index in [1.165, 1.54) is 11.0 Å². The van der Waals surface area contributed by atoms with Crippen molar-refractivity contribution in [1.82, 2.24) is 4.90 Å². The predicted molar refractivity (Wildman–Crippen MR) is 84.5 cm³/mol. The number of ether oxygens (including phenoxy) is 1. The van der Waals surface area contributed by atoms with E-state index in [-0.39, 0.29) is 5.69 Å². The number of halogens is 2. The third-order valence-electron chi connectivity index (χ3n) is 3.17. The third kappa shape index (κ3) is 4.67. The summed E-state index contributed by atoms with van der Waals surface area (Å²) in [4.78, 5) is 13.5. The molecule has 0 saturated carbocycles. The van der Waals surface area contributed by atoms with Crippen LogP contribution in [0.2, 0.25) is 0 Å². The summed E-state index contributed by atoms with van der Waals surface area (Å²) in [5.74, 6) is -0.743. The van der Waals surface area contributed by atoms with Crippen molar-refractivity contribution in [2.24, 2.45) is 0 Å². The molecule has 2 aromatic carbocycles. The molecule has 1 N–H and O–H groups in total. The Morgan fingerprint density at radius 3 is 2.48 bits per heavy atom. The molecule has 2 aromatic rings. The van der Waals surface area contributed by atoms with Crippen molar-refractivity contribution >= 4 is 11.7 Å². The number of nitrogens with one attached hydrogen (secondary N) is 1. The van der Waals surface area contributed by atoms with Crippen LogP contribution in [0.1, 0.15) is 12.5 Å². The minimum Gasteiger partial charge on any atom is -0.494 e. The molecule has 0 saturated heterocycles. The van der Waals surface area contributed by atoms with Crippen LogP contribution in [-0.2, 0) is 6.54 Å². The summed E-state index contributed by atoms with van der Waals surface area (Å²) in [7, 11) is 1.59. The van der Waals surface area contributed by atoms with E-state index in [4.69, 9.17) is 4.74 Å². The van der Waals surface area contributed by atoms with Gasteiger partial charge in [0, 0.05) is 19.7 Å². The van der Waals surface area contributed by atoms with Crippen LogP contribution in [0.25, 0.3) is 0 Å². The molecule has 0 fully saturated rings. The third-order valence-corrected chi connectivity index (χ3v) is 3.17. The summed E-state index contributed by atoms with van der Waals surface area (Å²) >= 11 is 0. The molecule has 0 aliphatic heterocycles. The van der Waals surface area contributed by atoms with Gasteiger partial charge in [-0.1, -0.05) is 12.1 Å². The second-order valence-corrected chi connectivity index (χ2v) is 4.99. The van der Waals surface area contributed by atoms with Crippen LogP contribution in [0.5, 0.6) is 5.75 Å². The van der Waals surface area contributed by atoms with Crippen molar-refractivity contribution in [2.45, 2.75) is 13.5 Å². The fourth-order valence-corrected chi connectivity index (χ4v) is 2.00. The van der Waals surface area contributed by atoms with Crippen LogP contribution in [0.4, 0.5) is 19.3 Å². The van der Waals surface area contributed by atoms with E-state index in [9.17, 15) is 13.6 Å². The van der Waals surface area contributed by atoms with Gasteiger partial charge in [-0.2, -0.15) is 0 Å². The first-order valence-electron chi connectivity index (χ1n) is 7.18. The monoisotopic (exact) mass is 320 g/mol. The van der Waals surface area contributed by atoms with E-state index in [1.54, 1.807) is 7.05 Å². The topological polar surface area (TPSA) is 41.6 Å². The first-order chi connectivity index (χ1) is 11.0. The van der Waals surface area contributed by atoms with Gasteiger partial charge in [-0.15, -0.1) is 0 Å². The summed E-state index contributed by atoms with van der Waals surface area (Å²) in [5, 5.41) is 2.41. The number of hydrogen-bond donors (Lipinski definition) is 1. The number of rotatable bonds is 5. The van der Waals surface area contributed by atoms with Crippen LogP contribution in [-0.4, -0.2) is 24.6 Å². The normalized spacial score (nSPS) is 10.3. The first kappa shape index (κ1) is 16.7. The zero-order chi connectivity index (χ0) is 16.8. The van der Waals surface area contributed by atoms with Crippen molar-refractivity contribution in [3.05, 3.63) is 59.7 Å². The van der Waals surface area contributed by atoms with Crippen LogP contribution < -0.4 is 10.1 Å². The summed E-state index contributed by atoms with van der Waals surface area (Å²) in [5.41, 5.74) is 0.848. The van der Waals surface area contributed by atoms with Crippen molar-refractivity contribution in [3.63, 3.8) is 0 Å². The number of anilines is 1. The molecule has 0 unspecified atom stereocenters. The molecule has 4 nitrogen and oxygen atoms in total. The van der Waals surface area contributed by atoms with Crippen LogP contribution >= 0.6 is 0 Å². The molecule has 0 aromatic heterocycles. The van der Waals surface area contributed by atoms with Gasteiger partial charge in [0.1, 0.15) is 17.4 Å². The summed E-state index contributed by atoms with van der Waals surface area (Å²) in [6, 6.07) is 9.87. The Balaban J connectivity index is 1.96. The summed E-state index contributed by atoms with van der Waals surface area (Å²) in [6.45, 7) is 2.84. The van der Waals surface area contributed by atoms with Gasteiger partial charge in [-0.3, -0.25) is 0 Å². The SMILES string of the molecule is CCOc1ccc(CN(C)C(=O)Nc2ccc(F)cc2F)cc1. The number of carbonyl (C=O) groups is 1. The van der Waals surface area contributed by atoms with Gasteiger partial charge in [0.05, 0.1) is 12.3 Å². The Kier molecular flexibility index (Phi) is 5.51. The maximum atomic E-state index is 13.5. The van der Waals surface area contributed by atoms with E-state index >= 15 is 0 Å². The Bertz CT molecular complexity index is 675. The van der Waals surface area contributed by atoms with Crippen molar-refractivity contribution in [3.8, 4) is 5.75 Å². The lowest BCUT2D eigenvalue weighted by Crippen LogP contribution is -2.31. The summed E-state index contributed by atoms with van der Waals surface area (Å²) < 4.78 is 31.7. The van der Waals surface area contributed by atoms with Crippen molar-refractivity contribution in [2.75, 3.05) is 19.0 Å². The molecule has 2 rings (SSSR count). The largest absolute Gasteiger partial charge is 0.494 e. The number of hydrogen-bond acceptors (Lipinski definition) is 2. The smallest absolute Gasteiger partial charge is 0.321 e. The second-order valence-electron chi connectivity index (χ2n) is 4.99. The molecule has 0 aliphatic rings. The van der Waals surface area contributed by atoms with Crippen LogP contribution in [0, 0.1) is 11.6 Å². The van der Waals surface area contributed by atoms with E-state index in [0.717, 1.165) is 23.4 Å². The average molecular weight is 320 g/mol. The highest BCUT2D eigenvalue weighted by atomic mass is 19.1. The standard InChI is InChI=1S/C17H18F2N2O2/c1-3-23-14-7-4-12(5-8-14)11-21(2)17(22)20-16-9-6-13(18)10-15(16)19/h4-10H,3,11H2,1-2H3,(H,20,22). The molecular weight excluding hydrogens is 302 g/mol. The fourth-order valence-electron chi connectivity index (χ4n) is 2.00. The highest BCUT2D eigenvalue weighted by Gasteiger charge is 2.12. The molecule has 0 radical (unpaired) electrons. The highest BCUT2D eigenvalue weighted by molar-refractivity contribution is 5.89. The molecule has 6 heteroatoms. The maximum absolute atomic E-state index is 13.5. The maximum Gasteiger partial charge on any atom is 0.321 e. The molecule has 122 valence electrons. The lowest BCUT2D eigenvalue weighted by atomic mass is 10.2. The van der Waals surface area contributed by atoms with Gasteiger partial charge in [-0.25, -0.2) is 13.6 Å². The van der Waals surface area contributed by atoms with Gasteiger partial charge in [-0.05, 0) is 36.8 Å². The van der Waals surface area contributed by atoms with E-state index in [2.05, 4.69) is 5.32 Å². The molecule has 0 aliphatic carbocycles. The number of benzene rings is 2. The zero-order valence-electron chi connectivity index (χ0n) is 13.0. The predicted octanol–water partition coefficient (Wildman–Crippen LogP) is 4.03. The van der Waals surface area contributed by atoms with Crippen LogP contribution in [0.3, 0.4) is 0 Å². The van der Waals surface area contributed by atoms with Crippen molar-refractivity contribution < 1.29 is 18.3 Å². The summed E-state index contributed by atoms with van der Waals surface area (Å²) in [6.07, 6.45) is 0. The number of nitrogens with zero attached hydrogens (tertiary/aromatic N) is 1. The van der Waals surface area contributed by atoms with E-state index < -0.39 is 17.7 Å². The molecule has 0 bridgehead atoms. The first-order valence-corrected chi connectivity index (χ1v) is 7.18. The fraction of sp³-hybridized carbons (Fsp3) is 0.235. The molecule has 2 amide bonds. The molecular formula is C17H18F2N2O2. The second kappa shape index (κ2) is 7.58. The molecule has 23 heavy (non-hydrogen) atoms. The lowest BCUT2D eigenvalue weighted by Gasteiger charge is -2.18. The van der Waals surface area contributed by atoms with Gasteiger partial charge < -0.3 is 15.0 Å². The average Bonchev–Trinajstić information content (AvgIpc) is 2.52. The van der Waals surface area contributed by atoms with Gasteiger partial charge in [0.25, 0.3) is 0 Å². The van der Waals surface area contributed by atoms with E-state index in [0.29, 0.717) is 13.2 Å². The Labute approximate surface area is 133 Å².